The third-order valence-electron chi connectivity index (χ3n) is 4.55. The normalized spacial score (nSPS) is 11.6. The van der Waals surface area contributed by atoms with Crippen LogP contribution in [-0.4, -0.2) is 48.2 Å². The van der Waals surface area contributed by atoms with E-state index < -0.39 is 28.6 Å². The van der Waals surface area contributed by atoms with Gasteiger partial charge in [-0.3, -0.25) is 10.1 Å². The predicted molar refractivity (Wildman–Crippen MR) is 130 cm³/mol. The third-order valence-corrected chi connectivity index (χ3v) is 4.55. The zero-order valence-electron chi connectivity index (χ0n) is 20.4. The van der Waals surface area contributed by atoms with Crippen LogP contribution in [0.15, 0.2) is 36.4 Å². The number of hydrogen-bond donors (Lipinski definition) is 4. The highest BCUT2D eigenvalue weighted by atomic mass is 16.6. The average Bonchev–Trinajstić information content (AvgIpc) is 2.75. The molecule has 11 heteroatoms. The van der Waals surface area contributed by atoms with Crippen molar-refractivity contribution in [2.24, 2.45) is 5.41 Å². The Morgan fingerprint density at radius 1 is 0.800 bits per heavy atom. The first-order valence-corrected chi connectivity index (χ1v) is 10.8. The molecule has 0 saturated carbocycles. The first-order valence-electron chi connectivity index (χ1n) is 10.8. The molecule has 3 rings (SSSR count). The molecule has 11 nitrogen and oxygen atoms in total. The number of carbonyl (C=O) groups excluding carboxylic acids is 2. The van der Waals surface area contributed by atoms with E-state index in [1.807, 2.05) is 20.8 Å². The molecule has 0 spiro atoms. The van der Waals surface area contributed by atoms with Crippen molar-refractivity contribution >= 4 is 23.4 Å². The third kappa shape index (κ3) is 6.62. The molecule has 1 heterocycles. The highest BCUT2D eigenvalue weighted by Crippen LogP contribution is 2.36. The Morgan fingerprint density at radius 2 is 1.34 bits per heavy atom. The zero-order valence-corrected chi connectivity index (χ0v) is 20.4. The lowest BCUT2D eigenvalue weighted by atomic mass is 9.95. The number of carbonyl (C=O) groups is 2. The number of nitrogens with one attached hydrogen (secondary N) is 2. The number of benzene rings is 2. The minimum absolute atomic E-state index is 0.00386. The fourth-order valence-corrected chi connectivity index (χ4v) is 2.75. The van der Waals surface area contributed by atoms with E-state index in [2.05, 4.69) is 31.0 Å². The van der Waals surface area contributed by atoms with Gasteiger partial charge in [0, 0.05) is 22.7 Å². The molecule has 0 unspecified atom stereocenters. The monoisotopic (exact) mass is 480 g/mol. The molecule has 35 heavy (non-hydrogen) atoms. The van der Waals surface area contributed by atoms with Crippen molar-refractivity contribution in [3.8, 4) is 34.3 Å². The Kier molecular flexibility index (Phi) is 6.90. The summed E-state index contributed by atoms with van der Waals surface area (Å²) in [5.74, 6) is -0.760. The number of aromatic hydroxyl groups is 2. The second-order valence-corrected chi connectivity index (χ2v) is 9.84. The SMILES string of the molecule is CC(C)(C)OC(=O)Nc1cc(O)c(O)cc1-c1nnc(-c2ccc(NC(=O)C(C)(C)C)cc2)nn1. The van der Waals surface area contributed by atoms with E-state index in [-0.39, 0.29) is 28.8 Å². The summed E-state index contributed by atoms with van der Waals surface area (Å²) in [6.07, 6.45) is -0.764. The van der Waals surface area contributed by atoms with Crippen LogP contribution >= 0.6 is 0 Å². The molecule has 0 aliphatic heterocycles. The maximum Gasteiger partial charge on any atom is 0.412 e. The van der Waals surface area contributed by atoms with Gasteiger partial charge >= 0.3 is 6.09 Å². The minimum atomic E-state index is -0.764. The summed E-state index contributed by atoms with van der Waals surface area (Å²) in [6.45, 7) is 10.6. The summed E-state index contributed by atoms with van der Waals surface area (Å²) in [4.78, 5) is 24.4. The second-order valence-electron chi connectivity index (χ2n) is 9.84. The van der Waals surface area contributed by atoms with Crippen LogP contribution in [0.3, 0.4) is 0 Å². The summed E-state index contributed by atoms with van der Waals surface area (Å²) in [7, 11) is 0. The van der Waals surface area contributed by atoms with Gasteiger partial charge in [-0.15, -0.1) is 20.4 Å². The smallest absolute Gasteiger partial charge is 0.412 e. The Bertz CT molecular complexity index is 1230. The molecule has 0 aliphatic rings. The molecule has 0 fully saturated rings. The van der Waals surface area contributed by atoms with Crippen molar-refractivity contribution in [2.75, 3.05) is 10.6 Å². The lowest BCUT2D eigenvalue weighted by Gasteiger charge is -2.20. The summed E-state index contributed by atoms with van der Waals surface area (Å²) in [5, 5.41) is 41.5. The van der Waals surface area contributed by atoms with Crippen LogP contribution in [0.2, 0.25) is 0 Å². The van der Waals surface area contributed by atoms with Crippen LogP contribution in [0.4, 0.5) is 16.2 Å². The van der Waals surface area contributed by atoms with E-state index in [0.29, 0.717) is 11.3 Å². The number of rotatable bonds is 4. The molecule has 0 aliphatic carbocycles. The minimum Gasteiger partial charge on any atom is -0.504 e. The number of amides is 2. The van der Waals surface area contributed by atoms with Gasteiger partial charge in [-0.1, -0.05) is 20.8 Å². The van der Waals surface area contributed by atoms with Gasteiger partial charge in [0.05, 0.1) is 11.3 Å². The largest absolute Gasteiger partial charge is 0.504 e. The molecule has 1 aromatic heterocycles. The summed E-state index contributed by atoms with van der Waals surface area (Å²) >= 11 is 0. The molecule has 3 aromatic rings. The summed E-state index contributed by atoms with van der Waals surface area (Å²) in [5.41, 5.74) is 0.262. The molecule has 4 N–H and O–H groups in total. The Labute approximate surface area is 202 Å². The van der Waals surface area contributed by atoms with Crippen molar-refractivity contribution in [3.05, 3.63) is 36.4 Å². The van der Waals surface area contributed by atoms with E-state index in [1.165, 1.54) is 6.07 Å². The molecule has 0 radical (unpaired) electrons. The van der Waals surface area contributed by atoms with Gasteiger partial charge in [0.1, 0.15) is 5.60 Å². The average molecular weight is 481 g/mol. The van der Waals surface area contributed by atoms with Crippen LogP contribution in [-0.2, 0) is 9.53 Å². The van der Waals surface area contributed by atoms with E-state index in [1.54, 1.807) is 45.0 Å². The Balaban J connectivity index is 1.84. The number of nitrogens with zero attached hydrogens (tertiary/aromatic N) is 4. The van der Waals surface area contributed by atoms with Crippen LogP contribution in [0.1, 0.15) is 41.5 Å². The maximum atomic E-state index is 12.2. The van der Waals surface area contributed by atoms with Gasteiger partial charge < -0.3 is 20.3 Å². The van der Waals surface area contributed by atoms with E-state index in [9.17, 15) is 19.8 Å². The van der Waals surface area contributed by atoms with Gasteiger partial charge in [-0.05, 0) is 51.1 Å². The van der Waals surface area contributed by atoms with Gasteiger partial charge in [0.2, 0.25) is 17.6 Å². The zero-order chi connectivity index (χ0) is 26.0. The van der Waals surface area contributed by atoms with Crippen molar-refractivity contribution < 1.29 is 24.5 Å². The van der Waals surface area contributed by atoms with Crippen molar-refractivity contribution in [1.29, 1.82) is 0 Å². The van der Waals surface area contributed by atoms with Crippen LogP contribution in [0.5, 0.6) is 11.5 Å². The number of anilines is 2. The van der Waals surface area contributed by atoms with Gasteiger partial charge in [-0.25, -0.2) is 4.79 Å². The number of phenolic OH excluding ortho intramolecular Hbond substituents is 2. The molecule has 0 atom stereocenters. The van der Waals surface area contributed by atoms with Crippen molar-refractivity contribution in [3.63, 3.8) is 0 Å². The van der Waals surface area contributed by atoms with Crippen LogP contribution in [0.25, 0.3) is 22.8 Å². The maximum absolute atomic E-state index is 12.2. The molecular formula is C24H28N6O5. The number of phenols is 2. The molecule has 2 amide bonds. The fourth-order valence-electron chi connectivity index (χ4n) is 2.75. The summed E-state index contributed by atoms with van der Waals surface area (Å²) in [6, 6.07) is 9.22. The van der Waals surface area contributed by atoms with Crippen LogP contribution < -0.4 is 10.6 Å². The van der Waals surface area contributed by atoms with E-state index >= 15 is 0 Å². The molecule has 184 valence electrons. The Morgan fingerprint density at radius 3 is 1.89 bits per heavy atom. The first-order chi connectivity index (χ1) is 16.2. The first kappa shape index (κ1) is 25.3. The highest BCUT2D eigenvalue weighted by molar-refractivity contribution is 5.94. The van der Waals surface area contributed by atoms with E-state index in [4.69, 9.17) is 4.74 Å². The molecular weight excluding hydrogens is 452 g/mol. The molecule has 0 saturated heterocycles. The van der Waals surface area contributed by atoms with Gasteiger partial charge in [-0.2, -0.15) is 0 Å². The van der Waals surface area contributed by atoms with Crippen molar-refractivity contribution in [1.82, 2.24) is 20.4 Å². The number of hydrogen-bond acceptors (Lipinski definition) is 9. The quantitative estimate of drug-likeness (QED) is 0.314. The number of ether oxygens (including phenoxy) is 1. The lowest BCUT2D eigenvalue weighted by Crippen LogP contribution is -2.27. The van der Waals surface area contributed by atoms with E-state index in [0.717, 1.165) is 6.07 Å². The number of aromatic nitrogens is 4. The fraction of sp³-hybridized carbons (Fsp3) is 0.333. The predicted octanol–water partition coefficient (Wildman–Crippen LogP) is 4.34. The molecule has 0 bridgehead atoms. The van der Waals surface area contributed by atoms with Gasteiger partial charge in [0.15, 0.2) is 11.5 Å². The highest BCUT2D eigenvalue weighted by Gasteiger charge is 2.22. The van der Waals surface area contributed by atoms with Crippen LogP contribution in [0, 0.1) is 5.41 Å². The lowest BCUT2D eigenvalue weighted by molar-refractivity contribution is -0.123. The topological polar surface area (TPSA) is 159 Å². The molecule has 2 aromatic carbocycles. The summed E-state index contributed by atoms with van der Waals surface area (Å²) < 4.78 is 5.24. The van der Waals surface area contributed by atoms with Gasteiger partial charge in [0.25, 0.3) is 0 Å². The van der Waals surface area contributed by atoms with Crippen molar-refractivity contribution in [2.45, 2.75) is 47.1 Å². The standard InChI is InChI=1S/C24H28N6O5/c1-23(2,3)21(33)25-14-9-7-13(8-10-14)19-27-29-20(30-28-19)15-11-17(31)18(32)12-16(15)26-22(34)35-24(4,5)6/h7-12,31-32H,1-6H3,(H,25,33)(H,26,34). The Hall–Kier alpha value is -4.28. The second kappa shape index (κ2) is 9.53.